The molecule has 0 aromatic carbocycles. The third-order valence-electron chi connectivity index (χ3n) is 1.64. The molecule has 4 heteroatoms. The van der Waals surface area contributed by atoms with Gasteiger partial charge in [-0.1, -0.05) is 5.16 Å². The molecule has 0 spiro atoms. The summed E-state index contributed by atoms with van der Waals surface area (Å²) in [5, 5.41) is 12.4. The number of pyridine rings is 1. The predicted molar refractivity (Wildman–Crippen MR) is 44.4 cm³/mol. The molecule has 0 aliphatic heterocycles. The van der Waals surface area contributed by atoms with Crippen LogP contribution in [0.15, 0.2) is 35.3 Å². The van der Waals surface area contributed by atoms with Crippen molar-refractivity contribution in [2.24, 2.45) is 0 Å². The smallest absolute Gasteiger partial charge is 0.142 e. The van der Waals surface area contributed by atoms with Crippen molar-refractivity contribution >= 4 is 0 Å². The molecule has 0 aliphatic rings. The maximum absolute atomic E-state index is 8.70. The van der Waals surface area contributed by atoms with Gasteiger partial charge < -0.3 is 4.52 Å². The van der Waals surface area contributed by atoms with Crippen LogP contribution in [0.1, 0.15) is 5.56 Å². The lowest BCUT2D eigenvalue weighted by atomic mass is 10.1. The molecule has 0 bridgehead atoms. The second kappa shape index (κ2) is 3.07. The maximum Gasteiger partial charge on any atom is 0.142 e. The molecule has 0 atom stereocenters. The molecule has 62 valence electrons. The van der Waals surface area contributed by atoms with Crippen LogP contribution in [-0.2, 0) is 0 Å². The van der Waals surface area contributed by atoms with Crippen LogP contribution in [0.3, 0.4) is 0 Å². The largest absolute Gasteiger partial charge is 0.363 e. The van der Waals surface area contributed by atoms with E-state index in [4.69, 9.17) is 9.78 Å². The summed E-state index contributed by atoms with van der Waals surface area (Å²) < 4.78 is 4.70. The van der Waals surface area contributed by atoms with Gasteiger partial charge in [0.25, 0.3) is 0 Å². The van der Waals surface area contributed by atoms with Gasteiger partial charge in [0.15, 0.2) is 0 Å². The molecular weight excluding hydrogens is 166 g/mol. The van der Waals surface area contributed by atoms with Gasteiger partial charge in [-0.2, -0.15) is 5.26 Å². The summed E-state index contributed by atoms with van der Waals surface area (Å²) in [6, 6.07) is 5.55. The predicted octanol–water partition coefficient (Wildman–Crippen LogP) is 1.61. The lowest BCUT2D eigenvalue weighted by molar-refractivity contribution is 0.422. The number of hydrogen-bond donors (Lipinski definition) is 0. The Morgan fingerprint density at radius 1 is 1.31 bits per heavy atom. The zero-order chi connectivity index (χ0) is 9.10. The van der Waals surface area contributed by atoms with Crippen LogP contribution in [0.4, 0.5) is 0 Å². The Kier molecular flexibility index (Phi) is 1.77. The van der Waals surface area contributed by atoms with Gasteiger partial charge in [-0.25, -0.2) is 0 Å². The molecule has 2 rings (SSSR count). The summed E-state index contributed by atoms with van der Waals surface area (Å²) in [6.07, 6.45) is 4.62. The fourth-order valence-electron chi connectivity index (χ4n) is 1.03. The molecule has 0 saturated heterocycles. The summed E-state index contributed by atoms with van der Waals surface area (Å²) in [4.78, 5) is 3.87. The van der Waals surface area contributed by atoms with Crippen LogP contribution in [0.2, 0.25) is 0 Å². The molecule has 0 radical (unpaired) electrons. The Labute approximate surface area is 74.4 Å². The molecule has 0 fully saturated rings. The summed E-state index contributed by atoms with van der Waals surface area (Å²) in [7, 11) is 0. The Hall–Kier alpha value is -2.15. The van der Waals surface area contributed by atoms with E-state index in [2.05, 4.69) is 10.1 Å². The van der Waals surface area contributed by atoms with Crippen molar-refractivity contribution in [1.82, 2.24) is 10.1 Å². The van der Waals surface area contributed by atoms with Crippen LogP contribution < -0.4 is 0 Å². The molecule has 2 heterocycles. The van der Waals surface area contributed by atoms with Gasteiger partial charge in [0.2, 0.25) is 0 Å². The highest BCUT2D eigenvalue weighted by Gasteiger charge is 2.08. The van der Waals surface area contributed by atoms with E-state index in [-0.39, 0.29) is 0 Å². The van der Waals surface area contributed by atoms with Gasteiger partial charge in [0.1, 0.15) is 23.6 Å². The quantitative estimate of drug-likeness (QED) is 0.653. The molecule has 13 heavy (non-hydrogen) atoms. The third-order valence-corrected chi connectivity index (χ3v) is 1.64. The van der Waals surface area contributed by atoms with E-state index in [0.29, 0.717) is 11.3 Å². The van der Waals surface area contributed by atoms with Gasteiger partial charge in [-0.05, 0) is 12.1 Å². The molecule has 0 saturated carbocycles. The SMILES string of the molecule is N#Cc1conc1-c1ccncc1. The second-order valence-electron chi connectivity index (χ2n) is 2.42. The molecule has 2 aromatic rings. The lowest BCUT2D eigenvalue weighted by Crippen LogP contribution is -1.80. The highest BCUT2D eigenvalue weighted by Crippen LogP contribution is 2.19. The Morgan fingerprint density at radius 2 is 2.08 bits per heavy atom. The normalized spacial score (nSPS) is 9.46. The van der Waals surface area contributed by atoms with Crippen molar-refractivity contribution in [3.63, 3.8) is 0 Å². The van der Waals surface area contributed by atoms with Crippen molar-refractivity contribution in [3.05, 3.63) is 36.4 Å². The monoisotopic (exact) mass is 171 g/mol. The zero-order valence-electron chi connectivity index (χ0n) is 6.64. The Balaban J connectivity index is 2.54. The van der Waals surface area contributed by atoms with Gasteiger partial charge in [0.05, 0.1) is 0 Å². The standard InChI is InChI=1S/C9H5N3O/c10-5-8-6-13-12-9(8)7-1-3-11-4-2-7/h1-4,6H. The summed E-state index contributed by atoms with van der Waals surface area (Å²) in [6.45, 7) is 0. The summed E-state index contributed by atoms with van der Waals surface area (Å²) >= 11 is 0. The fourth-order valence-corrected chi connectivity index (χ4v) is 1.03. The highest BCUT2D eigenvalue weighted by molar-refractivity contribution is 5.64. The van der Waals surface area contributed by atoms with Crippen molar-refractivity contribution in [2.45, 2.75) is 0 Å². The highest BCUT2D eigenvalue weighted by atomic mass is 16.5. The van der Waals surface area contributed by atoms with Crippen LogP contribution in [0.25, 0.3) is 11.3 Å². The van der Waals surface area contributed by atoms with Gasteiger partial charge in [-0.15, -0.1) is 0 Å². The van der Waals surface area contributed by atoms with Crippen molar-refractivity contribution in [2.75, 3.05) is 0 Å². The number of nitrogens with zero attached hydrogens (tertiary/aromatic N) is 3. The van der Waals surface area contributed by atoms with E-state index < -0.39 is 0 Å². The zero-order valence-corrected chi connectivity index (χ0v) is 6.64. The van der Waals surface area contributed by atoms with Crippen LogP contribution in [-0.4, -0.2) is 10.1 Å². The molecule has 2 aromatic heterocycles. The van der Waals surface area contributed by atoms with Gasteiger partial charge >= 0.3 is 0 Å². The molecule has 0 aliphatic carbocycles. The Bertz CT molecular complexity index is 441. The Morgan fingerprint density at radius 3 is 2.77 bits per heavy atom. The molecule has 0 N–H and O–H groups in total. The van der Waals surface area contributed by atoms with Crippen molar-refractivity contribution < 1.29 is 4.52 Å². The minimum absolute atomic E-state index is 0.436. The van der Waals surface area contributed by atoms with Gasteiger partial charge in [-0.3, -0.25) is 4.98 Å². The van der Waals surface area contributed by atoms with Crippen LogP contribution in [0, 0.1) is 11.3 Å². The number of rotatable bonds is 1. The topological polar surface area (TPSA) is 62.7 Å². The number of aromatic nitrogens is 2. The lowest BCUT2D eigenvalue weighted by Gasteiger charge is -1.92. The third kappa shape index (κ3) is 1.27. The summed E-state index contributed by atoms with van der Waals surface area (Å²) in [5.74, 6) is 0. The minimum Gasteiger partial charge on any atom is -0.363 e. The first-order valence-electron chi connectivity index (χ1n) is 3.66. The average molecular weight is 171 g/mol. The minimum atomic E-state index is 0.436. The van der Waals surface area contributed by atoms with E-state index >= 15 is 0 Å². The van der Waals surface area contributed by atoms with Crippen LogP contribution >= 0.6 is 0 Å². The number of nitriles is 1. The maximum atomic E-state index is 8.70. The molecule has 0 amide bonds. The second-order valence-corrected chi connectivity index (χ2v) is 2.42. The molecular formula is C9H5N3O. The van der Waals surface area contributed by atoms with E-state index in [1.54, 1.807) is 24.5 Å². The van der Waals surface area contributed by atoms with E-state index in [0.717, 1.165) is 5.56 Å². The van der Waals surface area contributed by atoms with Crippen molar-refractivity contribution in [1.29, 1.82) is 5.26 Å². The average Bonchev–Trinajstić information content (AvgIpc) is 2.67. The van der Waals surface area contributed by atoms with E-state index in [1.165, 1.54) is 6.26 Å². The summed E-state index contributed by atoms with van der Waals surface area (Å²) in [5.41, 5.74) is 1.83. The number of hydrogen-bond acceptors (Lipinski definition) is 4. The van der Waals surface area contributed by atoms with E-state index in [9.17, 15) is 0 Å². The first kappa shape index (κ1) is 7.50. The van der Waals surface area contributed by atoms with Crippen LogP contribution in [0.5, 0.6) is 0 Å². The molecule has 0 unspecified atom stereocenters. The first-order chi connectivity index (χ1) is 6.42. The first-order valence-corrected chi connectivity index (χ1v) is 3.66. The molecule has 4 nitrogen and oxygen atoms in total. The van der Waals surface area contributed by atoms with Gasteiger partial charge in [0, 0.05) is 18.0 Å². The van der Waals surface area contributed by atoms with Crippen molar-refractivity contribution in [3.8, 4) is 17.3 Å². The fraction of sp³-hybridized carbons (Fsp3) is 0. The van der Waals surface area contributed by atoms with E-state index in [1.807, 2.05) is 6.07 Å².